The van der Waals surface area contributed by atoms with Gasteiger partial charge in [-0.3, -0.25) is 4.68 Å². The first kappa shape index (κ1) is 19.1. The van der Waals surface area contributed by atoms with Gasteiger partial charge in [0.1, 0.15) is 11.6 Å². The first-order valence-electron chi connectivity index (χ1n) is 8.75. The monoisotopic (exact) mass is 413 g/mol. The lowest BCUT2D eigenvalue weighted by atomic mass is 10.1. The molecule has 0 unspecified atom stereocenters. The summed E-state index contributed by atoms with van der Waals surface area (Å²) in [6.45, 7) is 1.71. The van der Waals surface area contributed by atoms with Crippen LogP contribution >= 0.6 is 0 Å². The molecular formula is C21H17F2N3O2S. The second-order valence-corrected chi connectivity index (χ2v) is 8.58. The van der Waals surface area contributed by atoms with Crippen molar-refractivity contribution in [2.75, 3.05) is 0 Å². The Morgan fingerprint density at radius 2 is 1.72 bits per heavy atom. The molecule has 29 heavy (non-hydrogen) atoms. The highest BCUT2D eigenvalue weighted by Gasteiger charge is 2.24. The van der Waals surface area contributed by atoms with Crippen LogP contribution in [-0.4, -0.2) is 22.2 Å². The van der Waals surface area contributed by atoms with E-state index in [1.807, 2.05) is 0 Å². The Labute approximate surface area is 166 Å². The highest BCUT2D eigenvalue weighted by Crippen LogP contribution is 2.31. The number of hydrogen-bond acceptors (Lipinski definition) is 3. The Hall–Kier alpha value is -3.26. The highest BCUT2D eigenvalue weighted by molar-refractivity contribution is 7.90. The normalized spacial score (nSPS) is 11.7. The molecule has 0 saturated heterocycles. The van der Waals surface area contributed by atoms with Crippen molar-refractivity contribution < 1.29 is 17.2 Å². The van der Waals surface area contributed by atoms with Gasteiger partial charge in [0, 0.05) is 30.6 Å². The lowest BCUT2D eigenvalue weighted by Crippen LogP contribution is -2.14. The number of halogens is 2. The minimum absolute atomic E-state index is 0.146. The Bertz CT molecular complexity index is 1320. The second kappa shape index (κ2) is 6.97. The van der Waals surface area contributed by atoms with Crippen LogP contribution in [-0.2, 0) is 17.1 Å². The molecule has 0 saturated carbocycles. The molecule has 148 valence electrons. The molecule has 0 radical (unpaired) electrons. The number of benzene rings is 2. The molecule has 0 aliphatic rings. The van der Waals surface area contributed by atoms with Gasteiger partial charge in [-0.15, -0.1) is 0 Å². The minimum Gasteiger partial charge on any atom is -0.275 e. The van der Waals surface area contributed by atoms with Gasteiger partial charge in [-0.2, -0.15) is 5.10 Å². The van der Waals surface area contributed by atoms with Crippen LogP contribution in [0.4, 0.5) is 8.78 Å². The molecule has 0 spiro atoms. The van der Waals surface area contributed by atoms with Gasteiger partial charge in [-0.05, 0) is 54.4 Å². The van der Waals surface area contributed by atoms with Crippen LogP contribution in [0.3, 0.4) is 0 Å². The summed E-state index contributed by atoms with van der Waals surface area (Å²) in [4.78, 5) is -0.232. The van der Waals surface area contributed by atoms with Crippen molar-refractivity contribution >= 4 is 10.0 Å². The second-order valence-electron chi connectivity index (χ2n) is 6.76. The van der Waals surface area contributed by atoms with Crippen LogP contribution in [0.2, 0.25) is 0 Å². The van der Waals surface area contributed by atoms with E-state index >= 15 is 0 Å². The van der Waals surface area contributed by atoms with Crippen LogP contribution in [0.15, 0.2) is 72.0 Å². The molecule has 8 heteroatoms. The van der Waals surface area contributed by atoms with E-state index < -0.39 is 21.7 Å². The molecule has 5 nitrogen and oxygen atoms in total. The zero-order valence-corrected chi connectivity index (χ0v) is 16.5. The molecule has 0 aliphatic carbocycles. The molecule has 0 atom stereocenters. The summed E-state index contributed by atoms with van der Waals surface area (Å²) < 4.78 is 57.9. The van der Waals surface area contributed by atoms with E-state index in [-0.39, 0.29) is 16.2 Å². The number of aryl methyl sites for hydroxylation is 2. The summed E-state index contributed by atoms with van der Waals surface area (Å²) in [6.07, 6.45) is 4.58. The molecule has 2 aromatic carbocycles. The number of hydrogen-bond donors (Lipinski definition) is 0. The Morgan fingerprint density at radius 1 is 0.966 bits per heavy atom. The summed E-state index contributed by atoms with van der Waals surface area (Å²) in [6, 6.07) is 11.1. The first-order valence-corrected chi connectivity index (χ1v) is 10.2. The fourth-order valence-electron chi connectivity index (χ4n) is 3.20. The molecule has 2 heterocycles. The highest BCUT2D eigenvalue weighted by atomic mass is 32.2. The topological polar surface area (TPSA) is 56.9 Å². The van der Waals surface area contributed by atoms with Gasteiger partial charge in [-0.1, -0.05) is 12.1 Å². The number of aromatic nitrogens is 3. The molecule has 0 aliphatic heterocycles. The van der Waals surface area contributed by atoms with E-state index in [2.05, 4.69) is 5.10 Å². The average Bonchev–Trinajstić information content (AvgIpc) is 3.28. The standard InChI is InChI=1S/C21H17F2N3O2S/c1-14-7-21(19-5-3-4-6-20(19)23)26(12-14)29(27,28)18-9-15(8-17(22)10-18)16-11-24-25(2)13-16/h3-13H,1-2H3. The maximum absolute atomic E-state index is 14.3. The number of rotatable bonds is 4. The number of nitrogens with zero attached hydrogens (tertiary/aromatic N) is 3. The predicted octanol–water partition coefficient (Wildman–Crippen LogP) is 4.38. The van der Waals surface area contributed by atoms with Gasteiger partial charge in [0.05, 0.1) is 16.8 Å². The fraction of sp³-hybridized carbons (Fsp3) is 0.0952. The van der Waals surface area contributed by atoms with Crippen molar-refractivity contribution in [2.45, 2.75) is 11.8 Å². The first-order chi connectivity index (χ1) is 13.8. The van der Waals surface area contributed by atoms with Crippen molar-refractivity contribution in [3.63, 3.8) is 0 Å². The SMILES string of the molecule is Cc1cc(-c2ccccc2F)n(S(=O)(=O)c2cc(F)cc(-c3cnn(C)c3)c2)c1. The average molecular weight is 413 g/mol. The smallest absolute Gasteiger partial charge is 0.268 e. The molecule has 4 aromatic rings. The van der Waals surface area contributed by atoms with Gasteiger partial charge < -0.3 is 0 Å². The summed E-state index contributed by atoms with van der Waals surface area (Å²) in [5.41, 5.74) is 1.92. The van der Waals surface area contributed by atoms with E-state index in [0.717, 1.165) is 10.0 Å². The van der Waals surface area contributed by atoms with Crippen LogP contribution in [0.5, 0.6) is 0 Å². The van der Waals surface area contributed by atoms with Crippen LogP contribution < -0.4 is 0 Å². The van der Waals surface area contributed by atoms with Gasteiger partial charge in [0.2, 0.25) is 0 Å². The zero-order chi connectivity index (χ0) is 20.8. The Kier molecular flexibility index (Phi) is 4.58. The zero-order valence-electron chi connectivity index (χ0n) is 15.7. The van der Waals surface area contributed by atoms with Crippen molar-refractivity contribution in [1.82, 2.24) is 13.8 Å². The van der Waals surface area contributed by atoms with Crippen molar-refractivity contribution in [1.29, 1.82) is 0 Å². The van der Waals surface area contributed by atoms with Crippen molar-refractivity contribution in [2.24, 2.45) is 7.05 Å². The maximum atomic E-state index is 14.3. The van der Waals surface area contributed by atoms with Crippen molar-refractivity contribution in [3.8, 4) is 22.4 Å². The molecule has 0 bridgehead atoms. The van der Waals surface area contributed by atoms with E-state index in [9.17, 15) is 17.2 Å². The summed E-state index contributed by atoms with van der Waals surface area (Å²) in [5.74, 6) is -1.24. The summed E-state index contributed by atoms with van der Waals surface area (Å²) in [7, 11) is -2.47. The summed E-state index contributed by atoms with van der Waals surface area (Å²) in [5, 5.41) is 4.04. The van der Waals surface area contributed by atoms with Crippen molar-refractivity contribution in [3.05, 3.63) is 84.3 Å². The Balaban J connectivity index is 1.89. The molecular weight excluding hydrogens is 396 g/mol. The lowest BCUT2D eigenvalue weighted by Gasteiger charge is -2.12. The fourth-order valence-corrected chi connectivity index (χ4v) is 4.68. The minimum atomic E-state index is -4.18. The predicted molar refractivity (Wildman–Crippen MR) is 106 cm³/mol. The van der Waals surface area contributed by atoms with Gasteiger partial charge >= 0.3 is 0 Å². The quantitative estimate of drug-likeness (QED) is 0.499. The van der Waals surface area contributed by atoms with Crippen LogP contribution in [0.25, 0.3) is 22.4 Å². The molecule has 0 N–H and O–H groups in total. The maximum Gasteiger partial charge on any atom is 0.268 e. The molecule has 2 aromatic heterocycles. The van der Waals surface area contributed by atoms with E-state index in [4.69, 9.17) is 0 Å². The third-order valence-electron chi connectivity index (χ3n) is 4.54. The largest absolute Gasteiger partial charge is 0.275 e. The Morgan fingerprint density at radius 3 is 2.41 bits per heavy atom. The lowest BCUT2D eigenvalue weighted by molar-refractivity contribution is 0.583. The third-order valence-corrected chi connectivity index (χ3v) is 6.19. The van der Waals surface area contributed by atoms with Gasteiger partial charge in [0.25, 0.3) is 10.0 Å². The van der Waals surface area contributed by atoms with Gasteiger partial charge in [0.15, 0.2) is 0 Å². The van der Waals surface area contributed by atoms with Gasteiger partial charge in [-0.25, -0.2) is 21.2 Å². The third kappa shape index (κ3) is 3.47. The van der Waals surface area contributed by atoms with Crippen LogP contribution in [0.1, 0.15) is 5.56 Å². The summed E-state index contributed by atoms with van der Waals surface area (Å²) >= 11 is 0. The molecule has 0 fully saturated rings. The van der Waals surface area contributed by atoms with E-state index in [0.29, 0.717) is 16.7 Å². The molecule has 4 rings (SSSR count). The van der Waals surface area contributed by atoms with E-state index in [1.165, 1.54) is 42.7 Å². The van der Waals surface area contributed by atoms with Crippen LogP contribution in [0, 0.1) is 18.6 Å². The van der Waals surface area contributed by atoms with E-state index in [1.54, 1.807) is 37.0 Å². The molecule has 0 amide bonds.